The van der Waals surface area contributed by atoms with E-state index in [2.05, 4.69) is 17.1 Å². The van der Waals surface area contributed by atoms with Crippen molar-refractivity contribution in [3.8, 4) is 17.2 Å². The first kappa shape index (κ1) is 12.9. The van der Waals surface area contributed by atoms with Gasteiger partial charge in [0.15, 0.2) is 0 Å². The van der Waals surface area contributed by atoms with Crippen molar-refractivity contribution >= 4 is 0 Å². The van der Waals surface area contributed by atoms with Gasteiger partial charge < -0.3 is 0 Å². The molecule has 1 aliphatic carbocycles. The molecule has 100 valence electrons. The molecule has 2 heteroatoms. The fourth-order valence-corrected chi connectivity index (χ4v) is 3.09. The first-order chi connectivity index (χ1) is 9.88. The van der Waals surface area contributed by atoms with E-state index in [9.17, 15) is 0 Å². The van der Waals surface area contributed by atoms with E-state index in [0.717, 1.165) is 5.56 Å². The molecule has 1 saturated carbocycles. The Hall–Kier alpha value is -2.14. The topological polar surface area (TPSA) is 36.7 Å². The molecular formula is C18H18N2. The number of rotatable bonds is 2. The summed E-state index contributed by atoms with van der Waals surface area (Å²) in [6.45, 7) is 0. The molecule has 0 amide bonds. The molecule has 0 bridgehead atoms. The van der Waals surface area contributed by atoms with Crippen molar-refractivity contribution in [1.29, 1.82) is 5.26 Å². The average molecular weight is 262 g/mol. The van der Waals surface area contributed by atoms with Crippen LogP contribution >= 0.6 is 0 Å². The van der Waals surface area contributed by atoms with Crippen molar-refractivity contribution < 1.29 is 0 Å². The highest BCUT2D eigenvalue weighted by atomic mass is 14.7. The lowest BCUT2D eigenvalue weighted by molar-refractivity contribution is 0.437. The van der Waals surface area contributed by atoms with E-state index in [4.69, 9.17) is 5.26 Å². The van der Waals surface area contributed by atoms with Gasteiger partial charge in [0.25, 0.3) is 0 Å². The fraction of sp³-hybridized carbons (Fsp3) is 0.333. The van der Waals surface area contributed by atoms with Crippen LogP contribution in [-0.2, 0) is 0 Å². The number of aromatic nitrogens is 1. The van der Waals surface area contributed by atoms with Crippen LogP contribution in [0.2, 0.25) is 0 Å². The highest BCUT2D eigenvalue weighted by molar-refractivity contribution is 5.67. The fourth-order valence-electron chi connectivity index (χ4n) is 3.09. The van der Waals surface area contributed by atoms with E-state index < -0.39 is 0 Å². The summed E-state index contributed by atoms with van der Waals surface area (Å²) in [5, 5.41) is 8.90. The lowest BCUT2D eigenvalue weighted by Crippen LogP contribution is -2.07. The zero-order valence-corrected chi connectivity index (χ0v) is 11.5. The highest BCUT2D eigenvalue weighted by Gasteiger charge is 2.20. The Morgan fingerprint density at radius 3 is 2.45 bits per heavy atom. The van der Waals surface area contributed by atoms with Crippen molar-refractivity contribution in [3.63, 3.8) is 0 Å². The van der Waals surface area contributed by atoms with Gasteiger partial charge in [0, 0.05) is 17.7 Å². The number of pyridine rings is 1. The molecule has 1 aliphatic rings. The van der Waals surface area contributed by atoms with Gasteiger partial charge in [0.2, 0.25) is 0 Å². The summed E-state index contributed by atoms with van der Waals surface area (Å²) in [5.41, 5.74) is 4.33. The molecule has 0 N–H and O–H groups in total. The summed E-state index contributed by atoms with van der Waals surface area (Å²) in [7, 11) is 0. The van der Waals surface area contributed by atoms with Gasteiger partial charge in [0.05, 0.1) is 17.3 Å². The maximum Gasteiger partial charge on any atom is 0.0991 e. The third-order valence-electron chi connectivity index (χ3n) is 4.16. The van der Waals surface area contributed by atoms with Crippen LogP contribution in [0.4, 0.5) is 0 Å². The summed E-state index contributed by atoms with van der Waals surface area (Å²) >= 11 is 0. The summed E-state index contributed by atoms with van der Waals surface area (Å²) < 4.78 is 0. The van der Waals surface area contributed by atoms with Crippen LogP contribution in [0.15, 0.2) is 42.6 Å². The van der Waals surface area contributed by atoms with Crippen LogP contribution in [0, 0.1) is 11.3 Å². The van der Waals surface area contributed by atoms with Gasteiger partial charge in [-0.3, -0.25) is 4.98 Å². The second kappa shape index (κ2) is 5.88. The van der Waals surface area contributed by atoms with Crippen LogP contribution < -0.4 is 0 Å². The SMILES string of the molecule is N#Cc1ccc(-c2cccnc2C2CCCCC2)cc1. The van der Waals surface area contributed by atoms with Gasteiger partial charge in [-0.1, -0.05) is 37.5 Å². The molecule has 1 fully saturated rings. The molecule has 0 atom stereocenters. The Bertz CT molecular complexity index is 617. The van der Waals surface area contributed by atoms with Crippen molar-refractivity contribution in [2.75, 3.05) is 0 Å². The molecule has 1 aromatic carbocycles. The van der Waals surface area contributed by atoms with Crippen LogP contribution in [0.3, 0.4) is 0 Å². The average Bonchev–Trinajstić information content (AvgIpc) is 2.56. The van der Waals surface area contributed by atoms with Gasteiger partial charge in [-0.2, -0.15) is 5.26 Å². The minimum Gasteiger partial charge on any atom is -0.260 e. The zero-order valence-electron chi connectivity index (χ0n) is 11.5. The molecule has 2 aromatic rings. The molecule has 0 aliphatic heterocycles. The van der Waals surface area contributed by atoms with Gasteiger partial charge in [-0.25, -0.2) is 0 Å². The monoisotopic (exact) mass is 262 g/mol. The quantitative estimate of drug-likeness (QED) is 0.788. The number of hydrogen-bond acceptors (Lipinski definition) is 2. The van der Waals surface area contributed by atoms with E-state index in [1.54, 1.807) is 0 Å². The van der Waals surface area contributed by atoms with Crippen LogP contribution in [0.5, 0.6) is 0 Å². The number of benzene rings is 1. The molecule has 20 heavy (non-hydrogen) atoms. The van der Waals surface area contributed by atoms with E-state index >= 15 is 0 Å². The predicted octanol–water partition coefficient (Wildman–Crippen LogP) is 4.67. The van der Waals surface area contributed by atoms with E-state index in [0.29, 0.717) is 11.5 Å². The Morgan fingerprint density at radius 2 is 1.75 bits per heavy atom. The number of hydrogen-bond donors (Lipinski definition) is 0. The van der Waals surface area contributed by atoms with E-state index in [1.165, 1.54) is 43.4 Å². The summed E-state index contributed by atoms with van der Waals surface area (Å²) in [6.07, 6.45) is 8.38. The molecule has 0 unspecified atom stereocenters. The summed E-state index contributed by atoms with van der Waals surface area (Å²) in [5.74, 6) is 0.593. The van der Waals surface area contributed by atoms with Crippen LogP contribution in [0.1, 0.15) is 49.3 Å². The normalized spacial score (nSPS) is 15.8. The third kappa shape index (κ3) is 2.58. The summed E-state index contributed by atoms with van der Waals surface area (Å²) in [6, 6.07) is 14.1. The lowest BCUT2D eigenvalue weighted by atomic mass is 9.84. The molecule has 2 nitrogen and oxygen atoms in total. The Balaban J connectivity index is 1.98. The Morgan fingerprint density at radius 1 is 1.00 bits per heavy atom. The smallest absolute Gasteiger partial charge is 0.0991 e. The minimum atomic E-state index is 0.593. The Kier molecular flexibility index (Phi) is 3.78. The number of nitriles is 1. The molecular weight excluding hydrogens is 244 g/mol. The van der Waals surface area contributed by atoms with Crippen LogP contribution in [-0.4, -0.2) is 4.98 Å². The molecule has 0 radical (unpaired) electrons. The van der Waals surface area contributed by atoms with Crippen LogP contribution in [0.25, 0.3) is 11.1 Å². The van der Waals surface area contributed by atoms with Gasteiger partial charge in [0.1, 0.15) is 0 Å². The van der Waals surface area contributed by atoms with Crippen molar-refractivity contribution in [2.24, 2.45) is 0 Å². The minimum absolute atomic E-state index is 0.593. The largest absolute Gasteiger partial charge is 0.260 e. The lowest BCUT2D eigenvalue weighted by Gasteiger charge is -2.23. The second-order valence-electron chi connectivity index (χ2n) is 5.46. The predicted molar refractivity (Wildman–Crippen MR) is 80.2 cm³/mol. The molecule has 1 heterocycles. The van der Waals surface area contributed by atoms with Gasteiger partial charge in [-0.05, 0) is 36.6 Å². The molecule has 0 saturated heterocycles. The molecule has 3 rings (SSSR count). The summed E-state index contributed by atoms with van der Waals surface area (Å²) in [4.78, 5) is 4.66. The van der Waals surface area contributed by atoms with E-state index in [1.807, 2.05) is 36.5 Å². The van der Waals surface area contributed by atoms with Crippen molar-refractivity contribution in [1.82, 2.24) is 4.98 Å². The third-order valence-corrected chi connectivity index (χ3v) is 4.16. The van der Waals surface area contributed by atoms with Crippen molar-refractivity contribution in [3.05, 3.63) is 53.9 Å². The Labute approximate surface area is 120 Å². The molecule has 0 spiro atoms. The van der Waals surface area contributed by atoms with E-state index in [-0.39, 0.29) is 0 Å². The second-order valence-corrected chi connectivity index (χ2v) is 5.46. The zero-order chi connectivity index (χ0) is 13.8. The number of nitrogens with zero attached hydrogens (tertiary/aromatic N) is 2. The van der Waals surface area contributed by atoms with Crippen molar-refractivity contribution in [2.45, 2.75) is 38.0 Å². The maximum absolute atomic E-state index is 8.90. The molecule has 1 aromatic heterocycles. The first-order valence-corrected chi connectivity index (χ1v) is 7.34. The maximum atomic E-state index is 8.90. The highest BCUT2D eigenvalue weighted by Crippen LogP contribution is 2.36. The van der Waals surface area contributed by atoms with Gasteiger partial charge >= 0.3 is 0 Å². The first-order valence-electron chi connectivity index (χ1n) is 7.34. The standard InChI is InChI=1S/C18H18N2/c19-13-14-8-10-15(11-9-14)17-7-4-12-20-18(17)16-5-2-1-3-6-16/h4,7-12,16H,1-3,5-6H2. The van der Waals surface area contributed by atoms with Gasteiger partial charge in [-0.15, -0.1) is 0 Å².